The fourth-order valence-electron chi connectivity index (χ4n) is 5.03. The Labute approximate surface area is 249 Å². The molecule has 224 valence electrons. The van der Waals surface area contributed by atoms with Crippen LogP contribution < -0.4 is 20.9 Å². The predicted octanol–water partition coefficient (Wildman–Crippen LogP) is 5.25. The number of ether oxygens (including phenoxy) is 2. The summed E-state index contributed by atoms with van der Waals surface area (Å²) in [6.45, 7) is 2.79. The molecule has 1 fully saturated rings. The Morgan fingerprint density at radius 2 is 1.73 bits per heavy atom. The van der Waals surface area contributed by atoms with E-state index >= 15 is 4.39 Å². The standard InChI is InChI=1S/C32H27F2N5O5/c1-18-2-8-24(32(42)39(18)23-6-3-20(33)4-7-23)30(40)37-22-5-9-28(26(34)15-22)44-29-14-19-17-35-38-27(19)16-25(29)31(41)36-21-10-12-43-13-11-21/h2-9,14-17,21H,10-13H2,1H3,(H,35,38)(H,36,41)(H,37,40). The molecule has 2 aromatic heterocycles. The van der Waals surface area contributed by atoms with Crippen molar-refractivity contribution in [2.75, 3.05) is 18.5 Å². The third-order valence-electron chi connectivity index (χ3n) is 7.36. The lowest BCUT2D eigenvalue weighted by atomic mass is 10.1. The van der Waals surface area contributed by atoms with Gasteiger partial charge in [-0.25, -0.2) is 8.78 Å². The van der Waals surface area contributed by atoms with E-state index in [4.69, 9.17) is 9.47 Å². The Balaban J connectivity index is 1.23. The van der Waals surface area contributed by atoms with Gasteiger partial charge in [0, 0.05) is 47.8 Å². The summed E-state index contributed by atoms with van der Waals surface area (Å²) < 4.78 is 41.2. The normalized spacial score (nSPS) is 13.5. The number of H-pyrrole nitrogens is 1. The summed E-state index contributed by atoms with van der Waals surface area (Å²) in [6.07, 6.45) is 2.92. The number of aryl methyl sites for hydroxylation is 1. The maximum atomic E-state index is 15.3. The van der Waals surface area contributed by atoms with E-state index in [2.05, 4.69) is 20.8 Å². The molecule has 44 heavy (non-hydrogen) atoms. The summed E-state index contributed by atoms with van der Waals surface area (Å²) in [6, 6.07) is 15.2. The summed E-state index contributed by atoms with van der Waals surface area (Å²) >= 11 is 0. The number of nitrogens with one attached hydrogen (secondary N) is 3. The summed E-state index contributed by atoms with van der Waals surface area (Å²) in [4.78, 5) is 39.5. The number of benzene rings is 3. The van der Waals surface area contributed by atoms with Gasteiger partial charge in [-0.15, -0.1) is 0 Å². The maximum absolute atomic E-state index is 15.3. The average molecular weight is 600 g/mol. The van der Waals surface area contributed by atoms with Crippen LogP contribution in [-0.4, -0.2) is 45.8 Å². The number of carbonyl (C=O) groups excluding carboxylic acids is 2. The van der Waals surface area contributed by atoms with E-state index in [1.165, 1.54) is 47.0 Å². The first-order valence-electron chi connectivity index (χ1n) is 13.9. The van der Waals surface area contributed by atoms with Gasteiger partial charge in [-0.2, -0.15) is 5.10 Å². The highest BCUT2D eigenvalue weighted by atomic mass is 19.1. The molecule has 0 spiro atoms. The van der Waals surface area contributed by atoms with Crippen LogP contribution >= 0.6 is 0 Å². The maximum Gasteiger partial charge on any atom is 0.268 e. The van der Waals surface area contributed by atoms with Crippen LogP contribution in [0.5, 0.6) is 11.5 Å². The number of aromatic nitrogens is 3. The number of nitrogens with zero attached hydrogens (tertiary/aromatic N) is 2. The van der Waals surface area contributed by atoms with Crippen LogP contribution in [0.1, 0.15) is 39.3 Å². The fourth-order valence-corrected chi connectivity index (χ4v) is 5.03. The highest BCUT2D eigenvalue weighted by Gasteiger charge is 2.22. The van der Waals surface area contributed by atoms with E-state index in [0.29, 0.717) is 48.3 Å². The molecule has 6 rings (SSSR count). The van der Waals surface area contributed by atoms with Gasteiger partial charge in [-0.3, -0.25) is 24.0 Å². The zero-order chi connectivity index (χ0) is 30.8. The predicted molar refractivity (Wildman–Crippen MR) is 159 cm³/mol. The van der Waals surface area contributed by atoms with Crippen LogP contribution in [0.3, 0.4) is 0 Å². The molecule has 0 radical (unpaired) electrons. The second-order valence-electron chi connectivity index (χ2n) is 10.4. The van der Waals surface area contributed by atoms with Crippen LogP contribution in [-0.2, 0) is 4.74 Å². The summed E-state index contributed by atoms with van der Waals surface area (Å²) in [5.74, 6) is -2.45. The largest absolute Gasteiger partial charge is 0.453 e. The van der Waals surface area contributed by atoms with Gasteiger partial charge < -0.3 is 20.1 Å². The minimum Gasteiger partial charge on any atom is -0.453 e. The third kappa shape index (κ3) is 5.92. The summed E-state index contributed by atoms with van der Waals surface area (Å²) in [7, 11) is 0. The number of pyridine rings is 1. The van der Waals surface area contributed by atoms with E-state index in [9.17, 15) is 18.8 Å². The zero-order valence-corrected chi connectivity index (χ0v) is 23.5. The highest BCUT2D eigenvalue weighted by molar-refractivity contribution is 6.04. The number of halogens is 2. The van der Waals surface area contributed by atoms with Gasteiger partial charge in [0.2, 0.25) is 0 Å². The van der Waals surface area contributed by atoms with Gasteiger partial charge >= 0.3 is 0 Å². The van der Waals surface area contributed by atoms with Gasteiger partial charge in [0.05, 0.1) is 17.3 Å². The topological polar surface area (TPSA) is 127 Å². The molecule has 0 atom stereocenters. The SMILES string of the molecule is Cc1ccc(C(=O)Nc2ccc(Oc3cc4cn[nH]c4cc3C(=O)NC3CCOCC3)c(F)c2)c(=O)n1-c1ccc(F)cc1. The summed E-state index contributed by atoms with van der Waals surface area (Å²) in [5, 5.41) is 13.0. The van der Waals surface area contributed by atoms with Crippen LogP contribution in [0.4, 0.5) is 14.5 Å². The number of amides is 2. The number of hydrogen-bond donors (Lipinski definition) is 3. The molecule has 12 heteroatoms. The number of rotatable bonds is 7. The Morgan fingerprint density at radius 3 is 2.48 bits per heavy atom. The molecule has 1 aliphatic rings. The van der Waals surface area contributed by atoms with Gasteiger partial charge in [-0.05, 0) is 80.4 Å². The Hall–Kier alpha value is -5.36. The lowest BCUT2D eigenvalue weighted by Crippen LogP contribution is -2.39. The number of hydrogen-bond acceptors (Lipinski definition) is 6. The zero-order valence-electron chi connectivity index (χ0n) is 23.5. The van der Waals surface area contributed by atoms with Crippen molar-refractivity contribution in [2.45, 2.75) is 25.8 Å². The molecule has 1 saturated heterocycles. The first kappa shape index (κ1) is 28.7. The lowest BCUT2D eigenvalue weighted by molar-refractivity contribution is 0.0695. The van der Waals surface area contributed by atoms with Gasteiger partial charge in [0.25, 0.3) is 17.4 Å². The van der Waals surface area contributed by atoms with Crippen molar-refractivity contribution in [3.63, 3.8) is 0 Å². The van der Waals surface area contributed by atoms with E-state index in [-0.39, 0.29) is 40.3 Å². The number of carbonyl (C=O) groups is 2. The molecule has 0 unspecified atom stereocenters. The molecule has 10 nitrogen and oxygen atoms in total. The second-order valence-corrected chi connectivity index (χ2v) is 10.4. The Bertz CT molecular complexity index is 1930. The smallest absolute Gasteiger partial charge is 0.268 e. The van der Waals surface area contributed by atoms with Crippen molar-refractivity contribution in [1.82, 2.24) is 20.1 Å². The molecule has 2 amide bonds. The second kappa shape index (κ2) is 12.1. The molecule has 3 aromatic carbocycles. The van der Waals surface area contributed by atoms with Crippen LogP contribution in [0.15, 0.2) is 77.7 Å². The minimum absolute atomic E-state index is 0.0606. The quantitative estimate of drug-likeness (QED) is 0.235. The van der Waals surface area contributed by atoms with Crippen molar-refractivity contribution < 1.29 is 27.8 Å². The molecule has 1 aliphatic heterocycles. The van der Waals surface area contributed by atoms with Gasteiger partial charge in [-0.1, -0.05) is 0 Å². The number of anilines is 1. The lowest BCUT2D eigenvalue weighted by Gasteiger charge is -2.23. The van der Waals surface area contributed by atoms with E-state index in [1.807, 2.05) is 0 Å². The average Bonchev–Trinajstić information content (AvgIpc) is 3.47. The van der Waals surface area contributed by atoms with Crippen molar-refractivity contribution in [1.29, 1.82) is 0 Å². The molecular formula is C32H27F2N5O5. The van der Waals surface area contributed by atoms with Crippen molar-refractivity contribution >= 4 is 28.4 Å². The van der Waals surface area contributed by atoms with Gasteiger partial charge in [0.15, 0.2) is 11.6 Å². The fraction of sp³-hybridized carbons (Fsp3) is 0.188. The molecule has 0 bridgehead atoms. The minimum atomic E-state index is -0.807. The van der Waals surface area contributed by atoms with Gasteiger partial charge in [0.1, 0.15) is 17.1 Å². The monoisotopic (exact) mass is 599 g/mol. The third-order valence-corrected chi connectivity index (χ3v) is 7.36. The van der Waals surface area contributed by atoms with E-state index < -0.39 is 23.1 Å². The molecule has 3 heterocycles. The van der Waals surface area contributed by atoms with Crippen LogP contribution in [0.25, 0.3) is 16.6 Å². The first-order valence-corrected chi connectivity index (χ1v) is 13.9. The number of fused-ring (bicyclic) bond motifs is 1. The molecule has 0 aliphatic carbocycles. The first-order chi connectivity index (χ1) is 21.3. The highest BCUT2D eigenvalue weighted by Crippen LogP contribution is 2.32. The van der Waals surface area contributed by atoms with E-state index in [0.717, 1.165) is 6.07 Å². The van der Waals surface area contributed by atoms with Crippen molar-refractivity contribution in [3.05, 3.63) is 112 Å². The Kier molecular flexibility index (Phi) is 7.90. The molecule has 5 aromatic rings. The molecule has 3 N–H and O–H groups in total. The number of aromatic amines is 1. The molecule has 0 saturated carbocycles. The molecular weight excluding hydrogens is 572 g/mol. The van der Waals surface area contributed by atoms with Crippen molar-refractivity contribution in [3.8, 4) is 17.2 Å². The summed E-state index contributed by atoms with van der Waals surface area (Å²) in [5.41, 5.74) is 1.02. The Morgan fingerprint density at radius 1 is 0.955 bits per heavy atom. The van der Waals surface area contributed by atoms with Crippen molar-refractivity contribution in [2.24, 2.45) is 0 Å². The van der Waals surface area contributed by atoms with E-state index in [1.54, 1.807) is 31.3 Å². The van der Waals surface area contributed by atoms with Crippen LogP contribution in [0.2, 0.25) is 0 Å². The van der Waals surface area contributed by atoms with Crippen LogP contribution in [0, 0.1) is 18.6 Å².